The van der Waals surface area contributed by atoms with Crippen LogP contribution in [0.1, 0.15) is 11.1 Å². The lowest BCUT2D eigenvalue weighted by Crippen LogP contribution is -2.16. The molecule has 0 amide bonds. The van der Waals surface area contributed by atoms with Crippen molar-refractivity contribution in [1.82, 2.24) is 0 Å². The predicted molar refractivity (Wildman–Crippen MR) is 99.7 cm³/mol. The first-order chi connectivity index (χ1) is 11.9. The number of hydrogen-bond donors (Lipinski definition) is 0. The van der Waals surface area contributed by atoms with Gasteiger partial charge in [0.05, 0.1) is 25.6 Å². The maximum Gasteiger partial charge on any atom is 0.127 e. The molecule has 0 spiro atoms. The van der Waals surface area contributed by atoms with Gasteiger partial charge in [-0.2, -0.15) is 5.10 Å². The lowest BCUT2D eigenvalue weighted by Gasteiger charge is -2.19. The zero-order valence-corrected chi connectivity index (χ0v) is 13.7. The molecule has 0 saturated heterocycles. The van der Waals surface area contributed by atoms with Crippen LogP contribution in [0.3, 0.4) is 0 Å². The fourth-order valence-corrected chi connectivity index (χ4v) is 2.46. The number of methoxy groups -OCH3 is 1. The van der Waals surface area contributed by atoms with Crippen molar-refractivity contribution in [3.8, 4) is 5.75 Å². The maximum atomic E-state index is 5.39. The number of hydrogen-bond acceptors (Lipinski definition) is 3. The average molecular weight is 316 g/mol. The van der Waals surface area contributed by atoms with E-state index in [0.717, 1.165) is 17.0 Å². The van der Waals surface area contributed by atoms with Crippen LogP contribution in [0.2, 0.25) is 0 Å². The number of benzene rings is 3. The summed E-state index contributed by atoms with van der Waals surface area (Å²) in [6, 6.07) is 28.3. The van der Waals surface area contributed by atoms with Gasteiger partial charge < -0.3 is 4.74 Å². The van der Waals surface area contributed by atoms with E-state index >= 15 is 0 Å². The average Bonchev–Trinajstić information content (AvgIpc) is 2.67. The molecule has 3 rings (SSSR count). The molecule has 120 valence electrons. The highest BCUT2D eigenvalue weighted by atomic mass is 16.5. The van der Waals surface area contributed by atoms with Crippen LogP contribution in [-0.2, 0) is 6.54 Å². The summed E-state index contributed by atoms with van der Waals surface area (Å²) >= 11 is 0. The normalized spacial score (nSPS) is 10.7. The highest BCUT2D eigenvalue weighted by Gasteiger charge is 2.06. The molecular weight excluding hydrogens is 296 g/mol. The van der Waals surface area contributed by atoms with Gasteiger partial charge in [-0.1, -0.05) is 60.7 Å². The first kappa shape index (κ1) is 15.8. The SMILES string of the molecule is COc1ccccc1/C=N\N(Cc1ccccc1)c1ccccc1. The van der Waals surface area contributed by atoms with E-state index in [-0.39, 0.29) is 0 Å². The van der Waals surface area contributed by atoms with Crippen molar-refractivity contribution in [3.05, 3.63) is 96.1 Å². The maximum absolute atomic E-state index is 5.39. The second-order valence-electron chi connectivity index (χ2n) is 5.37. The van der Waals surface area contributed by atoms with Crippen molar-refractivity contribution in [3.63, 3.8) is 0 Å². The molecule has 0 heterocycles. The van der Waals surface area contributed by atoms with Crippen LogP contribution in [-0.4, -0.2) is 13.3 Å². The van der Waals surface area contributed by atoms with Gasteiger partial charge in [-0.3, -0.25) is 5.01 Å². The van der Waals surface area contributed by atoms with Crippen LogP contribution in [0.5, 0.6) is 5.75 Å². The minimum absolute atomic E-state index is 0.705. The Morgan fingerprint density at radius 2 is 1.46 bits per heavy atom. The molecule has 3 nitrogen and oxygen atoms in total. The molecule has 0 aliphatic carbocycles. The number of nitrogens with zero attached hydrogens (tertiary/aromatic N) is 2. The van der Waals surface area contributed by atoms with Crippen molar-refractivity contribution in [2.45, 2.75) is 6.54 Å². The number of rotatable bonds is 6. The molecule has 0 bridgehead atoms. The molecule has 0 unspecified atom stereocenters. The van der Waals surface area contributed by atoms with Crippen LogP contribution >= 0.6 is 0 Å². The van der Waals surface area contributed by atoms with Gasteiger partial charge in [0.2, 0.25) is 0 Å². The quantitative estimate of drug-likeness (QED) is 0.485. The van der Waals surface area contributed by atoms with E-state index in [1.165, 1.54) is 5.56 Å². The highest BCUT2D eigenvalue weighted by molar-refractivity contribution is 5.84. The van der Waals surface area contributed by atoms with Crippen LogP contribution in [0.4, 0.5) is 5.69 Å². The van der Waals surface area contributed by atoms with Crippen molar-refractivity contribution >= 4 is 11.9 Å². The van der Waals surface area contributed by atoms with Gasteiger partial charge in [0.15, 0.2) is 0 Å². The molecule has 3 aromatic carbocycles. The van der Waals surface area contributed by atoms with Gasteiger partial charge in [0.25, 0.3) is 0 Å². The Hall–Kier alpha value is -3.07. The second-order valence-corrected chi connectivity index (χ2v) is 5.37. The van der Waals surface area contributed by atoms with E-state index in [2.05, 4.69) is 24.3 Å². The number of ether oxygens (including phenoxy) is 1. The van der Waals surface area contributed by atoms with E-state index in [1.54, 1.807) is 7.11 Å². The van der Waals surface area contributed by atoms with Crippen molar-refractivity contribution in [1.29, 1.82) is 0 Å². The lowest BCUT2D eigenvalue weighted by atomic mass is 10.2. The van der Waals surface area contributed by atoms with E-state index in [9.17, 15) is 0 Å². The molecule has 0 fully saturated rings. The van der Waals surface area contributed by atoms with Gasteiger partial charge in [0.1, 0.15) is 5.75 Å². The van der Waals surface area contributed by atoms with Crippen LogP contribution in [0.25, 0.3) is 0 Å². The third-order valence-electron chi connectivity index (χ3n) is 3.70. The van der Waals surface area contributed by atoms with E-state index in [1.807, 2.05) is 71.9 Å². The van der Waals surface area contributed by atoms with E-state index in [4.69, 9.17) is 9.84 Å². The van der Waals surface area contributed by atoms with Gasteiger partial charge in [-0.25, -0.2) is 0 Å². The van der Waals surface area contributed by atoms with Crippen LogP contribution in [0, 0.1) is 0 Å². The Bertz CT molecular complexity index is 785. The molecule has 3 heteroatoms. The summed E-state index contributed by atoms with van der Waals surface area (Å²) in [4.78, 5) is 0. The Morgan fingerprint density at radius 1 is 0.833 bits per heavy atom. The van der Waals surface area contributed by atoms with Crippen LogP contribution < -0.4 is 9.75 Å². The van der Waals surface area contributed by atoms with E-state index in [0.29, 0.717) is 6.54 Å². The van der Waals surface area contributed by atoms with Crippen molar-refractivity contribution in [2.24, 2.45) is 5.10 Å². The second kappa shape index (κ2) is 7.97. The minimum Gasteiger partial charge on any atom is -0.496 e. The van der Waals surface area contributed by atoms with Crippen molar-refractivity contribution in [2.75, 3.05) is 12.1 Å². The smallest absolute Gasteiger partial charge is 0.127 e. The fourth-order valence-electron chi connectivity index (χ4n) is 2.46. The summed E-state index contributed by atoms with van der Waals surface area (Å²) in [5.41, 5.74) is 3.21. The summed E-state index contributed by atoms with van der Waals surface area (Å²) in [5.74, 6) is 0.814. The fraction of sp³-hybridized carbons (Fsp3) is 0.0952. The van der Waals surface area contributed by atoms with Crippen LogP contribution in [0.15, 0.2) is 90.0 Å². The van der Waals surface area contributed by atoms with Gasteiger partial charge >= 0.3 is 0 Å². The monoisotopic (exact) mass is 316 g/mol. The summed E-state index contributed by atoms with van der Waals surface area (Å²) < 4.78 is 5.39. The lowest BCUT2D eigenvalue weighted by molar-refractivity contribution is 0.414. The largest absolute Gasteiger partial charge is 0.496 e. The molecule has 0 aliphatic rings. The molecule has 0 aliphatic heterocycles. The molecule has 0 saturated carbocycles. The molecule has 0 radical (unpaired) electrons. The Labute approximate surface area is 142 Å². The van der Waals surface area contributed by atoms with Crippen molar-refractivity contribution < 1.29 is 4.74 Å². The Kier molecular flexibility index (Phi) is 5.25. The summed E-state index contributed by atoms with van der Waals surface area (Å²) in [5, 5.41) is 6.68. The third-order valence-corrected chi connectivity index (χ3v) is 3.70. The van der Waals surface area contributed by atoms with Gasteiger partial charge in [0, 0.05) is 5.56 Å². The molecule has 0 atom stereocenters. The molecule has 0 aromatic heterocycles. The first-order valence-corrected chi connectivity index (χ1v) is 7.90. The Morgan fingerprint density at radius 3 is 2.17 bits per heavy atom. The summed E-state index contributed by atoms with van der Waals surface area (Å²) in [7, 11) is 1.67. The van der Waals surface area contributed by atoms with E-state index < -0.39 is 0 Å². The highest BCUT2D eigenvalue weighted by Crippen LogP contribution is 2.19. The number of hydrazone groups is 1. The zero-order valence-electron chi connectivity index (χ0n) is 13.7. The molecule has 3 aromatic rings. The standard InChI is InChI=1S/C21H20N2O/c1-24-21-15-9-8-12-19(21)16-22-23(20-13-6-3-7-14-20)17-18-10-4-2-5-11-18/h2-16H,17H2,1H3/b22-16-. The number of anilines is 1. The number of para-hydroxylation sites is 2. The summed E-state index contributed by atoms with van der Waals surface area (Å²) in [6.07, 6.45) is 1.84. The zero-order chi connectivity index (χ0) is 16.6. The minimum atomic E-state index is 0.705. The first-order valence-electron chi connectivity index (χ1n) is 7.90. The topological polar surface area (TPSA) is 24.8 Å². The third kappa shape index (κ3) is 4.02. The molecular formula is C21H20N2O. The molecule has 0 N–H and O–H groups in total. The van der Waals surface area contributed by atoms with Gasteiger partial charge in [-0.05, 0) is 29.8 Å². The summed E-state index contributed by atoms with van der Waals surface area (Å²) in [6.45, 7) is 0.705. The predicted octanol–water partition coefficient (Wildman–Crippen LogP) is 4.74. The van der Waals surface area contributed by atoms with Gasteiger partial charge in [-0.15, -0.1) is 0 Å². The molecule has 24 heavy (non-hydrogen) atoms. The Balaban J connectivity index is 1.88.